The van der Waals surface area contributed by atoms with Crippen LogP contribution in [0.15, 0.2) is 33.7 Å². The molecule has 2 nitrogen and oxygen atoms in total. The number of carbonyl (C=O) groups excluding carboxylic acids is 1. The van der Waals surface area contributed by atoms with Crippen LogP contribution in [0.2, 0.25) is 0 Å². The highest BCUT2D eigenvalue weighted by atomic mass is 79.9. The van der Waals surface area contributed by atoms with Crippen molar-refractivity contribution in [1.82, 2.24) is 0 Å². The molecule has 1 aromatic rings. The Labute approximate surface area is 104 Å². The van der Waals surface area contributed by atoms with E-state index in [1.807, 2.05) is 18.2 Å². The minimum atomic E-state index is -0.333. The van der Waals surface area contributed by atoms with E-state index in [-0.39, 0.29) is 5.54 Å². The Morgan fingerprint density at radius 2 is 1.88 bits per heavy atom. The number of hydrogen-bond donors (Lipinski definition) is 0. The van der Waals surface area contributed by atoms with Gasteiger partial charge < -0.3 is 0 Å². The van der Waals surface area contributed by atoms with Crippen LogP contribution < -0.4 is 0 Å². The average molecular weight is 280 g/mol. The maximum absolute atomic E-state index is 10.7. The van der Waals surface area contributed by atoms with Crippen LogP contribution in [0.3, 0.4) is 0 Å². The molecule has 0 aromatic heterocycles. The molecule has 2 rings (SSSR count). The molecule has 0 unspecified atom stereocenters. The standard InChI is InChI=1S/C13H14BrNO/c14-12-7-3-2-6-11(12)13(15-10-16)8-4-1-5-9-13/h2-3,6-7H,1,4-5,8-9H2. The van der Waals surface area contributed by atoms with Crippen LogP contribution in [-0.4, -0.2) is 6.08 Å². The molecular formula is C13H14BrNO. The molecular weight excluding hydrogens is 266 g/mol. The molecule has 16 heavy (non-hydrogen) atoms. The zero-order valence-corrected chi connectivity index (χ0v) is 10.7. The fourth-order valence-corrected chi connectivity index (χ4v) is 3.16. The molecule has 0 amide bonds. The molecule has 1 aliphatic carbocycles. The molecule has 1 aromatic carbocycles. The molecule has 0 aliphatic heterocycles. The Bertz CT molecular complexity index is 418. The van der Waals surface area contributed by atoms with Gasteiger partial charge in [-0.3, -0.25) is 0 Å². The van der Waals surface area contributed by atoms with Crippen LogP contribution >= 0.6 is 15.9 Å². The summed E-state index contributed by atoms with van der Waals surface area (Å²) in [5.41, 5.74) is 0.790. The highest BCUT2D eigenvalue weighted by molar-refractivity contribution is 9.10. The van der Waals surface area contributed by atoms with Gasteiger partial charge in [0.25, 0.3) is 0 Å². The molecule has 0 atom stereocenters. The third kappa shape index (κ3) is 2.11. The summed E-state index contributed by atoms with van der Waals surface area (Å²) in [5.74, 6) is 0. The van der Waals surface area contributed by atoms with Crippen molar-refractivity contribution in [2.75, 3.05) is 0 Å². The third-order valence-corrected chi connectivity index (χ3v) is 4.01. The summed E-state index contributed by atoms with van der Waals surface area (Å²) in [5, 5.41) is 0. The summed E-state index contributed by atoms with van der Waals surface area (Å²) in [7, 11) is 0. The lowest BCUT2D eigenvalue weighted by Crippen LogP contribution is -2.27. The third-order valence-electron chi connectivity index (χ3n) is 3.32. The molecule has 1 aliphatic rings. The van der Waals surface area contributed by atoms with Gasteiger partial charge in [0.2, 0.25) is 6.08 Å². The van der Waals surface area contributed by atoms with Crippen LogP contribution in [0.1, 0.15) is 37.7 Å². The van der Waals surface area contributed by atoms with Crippen LogP contribution in [0.5, 0.6) is 0 Å². The van der Waals surface area contributed by atoms with Gasteiger partial charge >= 0.3 is 0 Å². The van der Waals surface area contributed by atoms with Crippen molar-refractivity contribution in [3.8, 4) is 0 Å². The summed E-state index contributed by atoms with van der Waals surface area (Å²) in [6, 6.07) is 8.04. The zero-order valence-electron chi connectivity index (χ0n) is 9.08. The van der Waals surface area contributed by atoms with E-state index < -0.39 is 0 Å². The number of isocyanates is 1. The maximum atomic E-state index is 10.7. The van der Waals surface area contributed by atoms with Crippen LogP contribution in [0.4, 0.5) is 0 Å². The minimum Gasteiger partial charge on any atom is -0.211 e. The first-order chi connectivity index (χ1) is 7.78. The SMILES string of the molecule is O=C=NC1(c2ccccc2Br)CCCCC1. The normalized spacial score (nSPS) is 18.8. The molecule has 0 radical (unpaired) electrons. The Morgan fingerprint density at radius 1 is 1.19 bits per heavy atom. The van der Waals surface area contributed by atoms with Crippen molar-refractivity contribution in [2.45, 2.75) is 37.6 Å². The van der Waals surface area contributed by atoms with Gasteiger partial charge in [0.1, 0.15) is 0 Å². The van der Waals surface area contributed by atoms with Crippen LogP contribution in [0.25, 0.3) is 0 Å². The second-order valence-electron chi connectivity index (χ2n) is 4.28. The molecule has 1 fully saturated rings. The van der Waals surface area contributed by atoms with Gasteiger partial charge in [-0.2, -0.15) is 4.99 Å². The molecule has 3 heteroatoms. The van der Waals surface area contributed by atoms with Gasteiger partial charge in [0.15, 0.2) is 0 Å². The smallest absolute Gasteiger partial charge is 0.211 e. The Hall–Kier alpha value is -0.920. The first kappa shape index (κ1) is 11.6. The van der Waals surface area contributed by atoms with Gasteiger partial charge in [-0.05, 0) is 24.5 Å². The summed E-state index contributed by atoms with van der Waals surface area (Å²) in [4.78, 5) is 14.8. The van der Waals surface area contributed by atoms with Crippen LogP contribution in [0, 0.1) is 0 Å². The quantitative estimate of drug-likeness (QED) is 0.596. The number of halogens is 1. The van der Waals surface area contributed by atoms with Gasteiger partial charge in [-0.25, -0.2) is 4.79 Å². The van der Waals surface area contributed by atoms with Crippen LogP contribution in [-0.2, 0) is 10.3 Å². The predicted octanol–water partition coefficient (Wildman–Crippen LogP) is 3.94. The van der Waals surface area contributed by atoms with Gasteiger partial charge in [0.05, 0.1) is 5.54 Å². The van der Waals surface area contributed by atoms with Crippen molar-refractivity contribution >= 4 is 22.0 Å². The molecule has 0 spiro atoms. The molecule has 0 saturated heterocycles. The maximum Gasteiger partial charge on any atom is 0.235 e. The fraction of sp³-hybridized carbons (Fsp3) is 0.462. The van der Waals surface area contributed by atoms with E-state index in [9.17, 15) is 4.79 Å². The van der Waals surface area contributed by atoms with Crippen molar-refractivity contribution < 1.29 is 4.79 Å². The number of hydrogen-bond acceptors (Lipinski definition) is 2. The number of rotatable bonds is 2. The van der Waals surface area contributed by atoms with E-state index >= 15 is 0 Å². The Morgan fingerprint density at radius 3 is 2.50 bits per heavy atom. The van der Waals surface area contributed by atoms with Crippen molar-refractivity contribution in [3.63, 3.8) is 0 Å². The van der Waals surface area contributed by atoms with Crippen molar-refractivity contribution in [3.05, 3.63) is 34.3 Å². The molecule has 0 heterocycles. The lowest BCUT2D eigenvalue weighted by molar-refractivity contribution is 0.303. The summed E-state index contributed by atoms with van der Waals surface area (Å²) in [6.07, 6.45) is 7.16. The van der Waals surface area contributed by atoms with Crippen molar-refractivity contribution in [2.24, 2.45) is 4.99 Å². The summed E-state index contributed by atoms with van der Waals surface area (Å²) < 4.78 is 1.04. The number of nitrogens with zero attached hydrogens (tertiary/aromatic N) is 1. The number of aliphatic imine (C=N–C) groups is 1. The number of benzene rings is 1. The first-order valence-corrected chi connectivity index (χ1v) is 6.42. The second kappa shape index (κ2) is 4.94. The Kier molecular flexibility index (Phi) is 3.57. The topological polar surface area (TPSA) is 29.4 Å². The van der Waals surface area contributed by atoms with Crippen molar-refractivity contribution in [1.29, 1.82) is 0 Å². The van der Waals surface area contributed by atoms with Gasteiger partial charge in [0, 0.05) is 4.47 Å². The molecule has 0 bridgehead atoms. The van der Waals surface area contributed by atoms with E-state index in [2.05, 4.69) is 27.0 Å². The minimum absolute atomic E-state index is 0.333. The second-order valence-corrected chi connectivity index (χ2v) is 5.13. The largest absolute Gasteiger partial charge is 0.235 e. The lowest BCUT2D eigenvalue weighted by Gasteiger charge is -2.33. The predicted molar refractivity (Wildman–Crippen MR) is 67.0 cm³/mol. The van der Waals surface area contributed by atoms with E-state index in [1.165, 1.54) is 6.42 Å². The van der Waals surface area contributed by atoms with E-state index in [0.717, 1.165) is 35.7 Å². The average Bonchev–Trinajstić information content (AvgIpc) is 2.31. The highest BCUT2D eigenvalue weighted by Gasteiger charge is 2.35. The lowest BCUT2D eigenvalue weighted by atomic mass is 9.77. The zero-order chi connectivity index (χ0) is 11.4. The highest BCUT2D eigenvalue weighted by Crippen LogP contribution is 2.43. The van der Waals surface area contributed by atoms with E-state index in [0.29, 0.717) is 0 Å². The molecule has 1 saturated carbocycles. The van der Waals surface area contributed by atoms with E-state index in [4.69, 9.17) is 0 Å². The summed E-state index contributed by atoms with van der Waals surface area (Å²) >= 11 is 3.55. The fourth-order valence-electron chi connectivity index (χ4n) is 2.50. The molecule has 0 N–H and O–H groups in total. The monoisotopic (exact) mass is 279 g/mol. The summed E-state index contributed by atoms with van der Waals surface area (Å²) in [6.45, 7) is 0. The Balaban J connectivity index is 2.46. The molecule has 84 valence electrons. The van der Waals surface area contributed by atoms with E-state index in [1.54, 1.807) is 6.08 Å². The van der Waals surface area contributed by atoms with Gasteiger partial charge in [-0.15, -0.1) is 0 Å². The first-order valence-electron chi connectivity index (χ1n) is 5.62. The van der Waals surface area contributed by atoms with Gasteiger partial charge in [-0.1, -0.05) is 53.4 Å².